The van der Waals surface area contributed by atoms with Crippen LogP contribution in [0, 0.1) is 0 Å². The number of carbonyl (C=O) groups excluding carboxylic acids is 1. The number of carbonyl (C=O) groups is 1. The summed E-state index contributed by atoms with van der Waals surface area (Å²) < 4.78 is 5.42. The lowest BCUT2D eigenvalue weighted by Gasteiger charge is -2.31. The van der Waals surface area contributed by atoms with E-state index in [9.17, 15) is 4.79 Å². The van der Waals surface area contributed by atoms with Crippen LogP contribution in [-0.2, 0) is 11.3 Å². The molecule has 2 amide bonds. The predicted octanol–water partition coefficient (Wildman–Crippen LogP) is 1.78. The zero-order valence-corrected chi connectivity index (χ0v) is 13.6. The zero-order chi connectivity index (χ0) is 15.2. The third kappa shape index (κ3) is 3.87. The van der Waals surface area contributed by atoms with Gasteiger partial charge in [-0.05, 0) is 11.6 Å². The van der Waals surface area contributed by atoms with Crippen molar-refractivity contribution in [2.24, 2.45) is 0 Å². The van der Waals surface area contributed by atoms with Gasteiger partial charge in [-0.15, -0.1) is 0 Å². The average Bonchev–Trinajstić information content (AvgIpc) is 2.61. The van der Waals surface area contributed by atoms with Gasteiger partial charge in [0.1, 0.15) is 0 Å². The van der Waals surface area contributed by atoms with Crippen LogP contribution in [0.3, 0.4) is 0 Å². The Bertz CT molecular complexity index is 500. The lowest BCUT2D eigenvalue weighted by molar-refractivity contribution is 0.122. The molecule has 1 aromatic carbocycles. The first-order valence-corrected chi connectivity index (χ1v) is 9.01. The highest BCUT2D eigenvalue weighted by Crippen LogP contribution is 2.21. The van der Waals surface area contributed by atoms with Gasteiger partial charge >= 0.3 is 6.03 Å². The van der Waals surface area contributed by atoms with Gasteiger partial charge in [0.2, 0.25) is 0 Å². The van der Waals surface area contributed by atoms with Crippen molar-refractivity contribution in [3.05, 3.63) is 29.8 Å². The minimum atomic E-state index is 0.0529. The molecule has 2 saturated heterocycles. The van der Waals surface area contributed by atoms with Crippen molar-refractivity contribution in [3.8, 4) is 0 Å². The van der Waals surface area contributed by atoms with E-state index in [0.29, 0.717) is 6.54 Å². The first-order chi connectivity index (χ1) is 10.8. The molecule has 2 fully saturated rings. The fraction of sp³-hybridized carbons (Fsp3) is 0.562. The first-order valence-electron chi connectivity index (χ1n) is 7.86. The normalized spacial score (nSPS) is 19.1. The number of morpholine rings is 1. The van der Waals surface area contributed by atoms with Gasteiger partial charge in [-0.25, -0.2) is 4.79 Å². The first kappa shape index (κ1) is 15.5. The number of nitrogens with zero attached hydrogens (tertiary/aromatic N) is 2. The van der Waals surface area contributed by atoms with Crippen LogP contribution in [0.1, 0.15) is 5.56 Å². The quantitative estimate of drug-likeness (QED) is 0.922. The fourth-order valence-electron chi connectivity index (χ4n) is 2.82. The number of nitrogens with one attached hydrogen (secondary N) is 1. The number of urea groups is 1. The standard InChI is InChI=1S/C16H23N3O2S/c20-16(19-7-11-22-12-8-19)17-13-14-3-1-2-4-15(14)18-5-9-21-10-6-18/h1-4H,5-13H2,(H,17,20). The molecule has 0 atom stereocenters. The van der Waals surface area contributed by atoms with Gasteiger partial charge in [0, 0.05) is 49.9 Å². The number of rotatable bonds is 3. The highest BCUT2D eigenvalue weighted by Gasteiger charge is 2.18. The lowest BCUT2D eigenvalue weighted by Crippen LogP contribution is -2.44. The van der Waals surface area contributed by atoms with Crippen LogP contribution >= 0.6 is 11.8 Å². The molecule has 120 valence electrons. The van der Waals surface area contributed by atoms with E-state index in [1.165, 1.54) is 11.3 Å². The summed E-state index contributed by atoms with van der Waals surface area (Å²) in [5.74, 6) is 2.08. The van der Waals surface area contributed by atoms with E-state index < -0.39 is 0 Å². The molecule has 2 aliphatic rings. The summed E-state index contributed by atoms with van der Waals surface area (Å²) in [6, 6.07) is 8.36. The third-order valence-corrected chi connectivity index (χ3v) is 5.01. The number of amides is 2. The SMILES string of the molecule is O=C(NCc1ccccc1N1CCOCC1)N1CCSCC1. The van der Waals surface area contributed by atoms with E-state index in [4.69, 9.17) is 4.74 Å². The van der Waals surface area contributed by atoms with Crippen molar-refractivity contribution in [2.75, 3.05) is 55.8 Å². The summed E-state index contributed by atoms with van der Waals surface area (Å²) in [6.45, 7) is 5.64. The summed E-state index contributed by atoms with van der Waals surface area (Å²) in [5.41, 5.74) is 2.38. The molecule has 0 aromatic heterocycles. The maximum absolute atomic E-state index is 12.2. The molecule has 3 rings (SSSR count). The van der Waals surface area contributed by atoms with Crippen molar-refractivity contribution < 1.29 is 9.53 Å². The summed E-state index contributed by atoms with van der Waals surface area (Å²) in [4.78, 5) is 16.5. The minimum Gasteiger partial charge on any atom is -0.378 e. The monoisotopic (exact) mass is 321 g/mol. The molecule has 1 N–H and O–H groups in total. The Kier molecular flexibility index (Phi) is 5.45. The van der Waals surface area contributed by atoms with E-state index in [2.05, 4.69) is 28.4 Å². The number of thioether (sulfide) groups is 1. The Hall–Kier alpha value is -1.40. The second kappa shape index (κ2) is 7.74. The van der Waals surface area contributed by atoms with Gasteiger partial charge in [-0.1, -0.05) is 18.2 Å². The Balaban J connectivity index is 1.60. The largest absolute Gasteiger partial charge is 0.378 e. The van der Waals surface area contributed by atoms with Gasteiger partial charge < -0.3 is 19.9 Å². The predicted molar refractivity (Wildman–Crippen MR) is 90.6 cm³/mol. The molecule has 6 heteroatoms. The number of hydrogen-bond acceptors (Lipinski definition) is 4. The average molecular weight is 321 g/mol. The van der Waals surface area contributed by atoms with Crippen LogP contribution in [0.4, 0.5) is 10.5 Å². The number of para-hydroxylation sites is 1. The molecule has 0 aliphatic carbocycles. The highest BCUT2D eigenvalue weighted by atomic mass is 32.2. The lowest BCUT2D eigenvalue weighted by atomic mass is 10.1. The molecule has 2 heterocycles. The topological polar surface area (TPSA) is 44.8 Å². The Morgan fingerprint density at radius 1 is 1.14 bits per heavy atom. The highest BCUT2D eigenvalue weighted by molar-refractivity contribution is 7.99. The summed E-state index contributed by atoms with van der Waals surface area (Å²) >= 11 is 1.91. The molecule has 0 spiro atoms. The summed E-state index contributed by atoms with van der Waals surface area (Å²) in [5, 5.41) is 3.07. The summed E-state index contributed by atoms with van der Waals surface area (Å²) in [6.07, 6.45) is 0. The van der Waals surface area contributed by atoms with Crippen LogP contribution < -0.4 is 10.2 Å². The maximum Gasteiger partial charge on any atom is 0.317 e. The maximum atomic E-state index is 12.2. The number of anilines is 1. The molecule has 22 heavy (non-hydrogen) atoms. The van der Waals surface area contributed by atoms with E-state index in [0.717, 1.165) is 50.9 Å². The number of hydrogen-bond donors (Lipinski definition) is 1. The van der Waals surface area contributed by atoms with Gasteiger partial charge in [0.15, 0.2) is 0 Å². The van der Waals surface area contributed by atoms with Crippen LogP contribution in [0.15, 0.2) is 24.3 Å². The van der Waals surface area contributed by atoms with Crippen LogP contribution in [-0.4, -0.2) is 61.8 Å². The van der Waals surface area contributed by atoms with Crippen molar-refractivity contribution in [2.45, 2.75) is 6.54 Å². The van der Waals surface area contributed by atoms with Crippen molar-refractivity contribution in [3.63, 3.8) is 0 Å². The molecule has 0 radical (unpaired) electrons. The van der Waals surface area contributed by atoms with E-state index in [-0.39, 0.29) is 6.03 Å². The third-order valence-electron chi connectivity index (χ3n) is 4.07. The van der Waals surface area contributed by atoms with Gasteiger partial charge in [0.25, 0.3) is 0 Å². The summed E-state index contributed by atoms with van der Waals surface area (Å²) in [7, 11) is 0. The van der Waals surface area contributed by atoms with E-state index in [1.807, 2.05) is 22.7 Å². The minimum absolute atomic E-state index is 0.0529. The number of benzene rings is 1. The molecule has 0 bridgehead atoms. The molecule has 0 unspecified atom stereocenters. The van der Waals surface area contributed by atoms with Crippen LogP contribution in [0.2, 0.25) is 0 Å². The fourth-order valence-corrected chi connectivity index (χ4v) is 3.73. The van der Waals surface area contributed by atoms with Gasteiger partial charge in [-0.2, -0.15) is 11.8 Å². The molecule has 0 saturated carbocycles. The Morgan fingerprint density at radius 2 is 1.86 bits per heavy atom. The second-order valence-electron chi connectivity index (χ2n) is 5.49. The molecule has 1 aromatic rings. The van der Waals surface area contributed by atoms with Crippen molar-refractivity contribution >= 4 is 23.5 Å². The smallest absolute Gasteiger partial charge is 0.317 e. The number of ether oxygens (including phenoxy) is 1. The van der Waals surface area contributed by atoms with Gasteiger partial charge in [-0.3, -0.25) is 0 Å². The molecule has 2 aliphatic heterocycles. The Labute approximate surface area is 136 Å². The van der Waals surface area contributed by atoms with E-state index >= 15 is 0 Å². The Morgan fingerprint density at radius 3 is 2.64 bits per heavy atom. The molecular weight excluding hydrogens is 298 g/mol. The van der Waals surface area contributed by atoms with Gasteiger partial charge in [0.05, 0.1) is 13.2 Å². The van der Waals surface area contributed by atoms with E-state index in [1.54, 1.807) is 0 Å². The van der Waals surface area contributed by atoms with Crippen LogP contribution in [0.5, 0.6) is 0 Å². The zero-order valence-electron chi connectivity index (χ0n) is 12.8. The van der Waals surface area contributed by atoms with Crippen molar-refractivity contribution in [1.29, 1.82) is 0 Å². The second-order valence-corrected chi connectivity index (χ2v) is 6.71. The molecular formula is C16H23N3O2S. The van der Waals surface area contributed by atoms with Crippen LogP contribution in [0.25, 0.3) is 0 Å². The van der Waals surface area contributed by atoms with Crippen molar-refractivity contribution in [1.82, 2.24) is 10.2 Å². The molecule has 5 nitrogen and oxygen atoms in total.